The van der Waals surface area contributed by atoms with Crippen LogP contribution in [0.4, 0.5) is 11.4 Å². The van der Waals surface area contributed by atoms with Gasteiger partial charge in [-0.2, -0.15) is 0 Å². The molecule has 0 aliphatic heterocycles. The molecule has 6 heteroatoms. The van der Waals surface area contributed by atoms with Crippen molar-refractivity contribution in [2.24, 2.45) is 0 Å². The molecule has 20 heavy (non-hydrogen) atoms. The van der Waals surface area contributed by atoms with E-state index in [4.69, 9.17) is 0 Å². The van der Waals surface area contributed by atoms with Gasteiger partial charge in [0, 0.05) is 31.8 Å². The van der Waals surface area contributed by atoms with E-state index in [1.807, 2.05) is 0 Å². The molecule has 1 aliphatic rings. The van der Waals surface area contributed by atoms with Gasteiger partial charge in [-0.1, -0.05) is 12.8 Å². The fourth-order valence-electron chi connectivity index (χ4n) is 2.69. The van der Waals surface area contributed by atoms with Gasteiger partial charge in [0.05, 0.1) is 4.92 Å². The average molecular weight is 277 g/mol. The molecule has 1 aromatic carbocycles. The molecule has 1 amide bonds. The Bertz CT molecular complexity index is 524. The SMILES string of the molecule is CNc1cc(C(=O)N(C)C2CCCC2)ccc1[N+](=O)[O-]. The Morgan fingerprint density at radius 1 is 1.40 bits per heavy atom. The zero-order chi connectivity index (χ0) is 14.7. The van der Waals surface area contributed by atoms with E-state index in [1.54, 1.807) is 25.1 Å². The highest BCUT2D eigenvalue weighted by atomic mass is 16.6. The minimum atomic E-state index is -0.458. The molecule has 1 saturated carbocycles. The van der Waals surface area contributed by atoms with E-state index in [-0.39, 0.29) is 17.6 Å². The first-order valence-electron chi connectivity index (χ1n) is 6.78. The van der Waals surface area contributed by atoms with Crippen molar-refractivity contribution in [3.05, 3.63) is 33.9 Å². The number of hydrogen-bond donors (Lipinski definition) is 1. The number of nitro groups is 1. The number of benzene rings is 1. The van der Waals surface area contributed by atoms with Crippen LogP contribution in [0, 0.1) is 10.1 Å². The van der Waals surface area contributed by atoms with Crippen LogP contribution in [0.2, 0.25) is 0 Å². The number of nitrogens with zero attached hydrogens (tertiary/aromatic N) is 2. The lowest BCUT2D eigenvalue weighted by atomic mass is 10.1. The number of carbonyl (C=O) groups is 1. The van der Waals surface area contributed by atoms with Crippen LogP contribution in [0.25, 0.3) is 0 Å². The van der Waals surface area contributed by atoms with Gasteiger partial charge >= 0.3 is 0 Å². The van der Waals surface area contributed by atoms with Crippen molar-refractivity contribution in [2.75, 3.05) is 19.4 Å². The molecule has 0 spiro atoms. The summed E-state index contributed by atoms with van der Waals surface area (Å²) in [5.74, 6) is -0.0803. The Morgan fingerprint density at radius 3 is 2.60 bits per heavy atom. The predicted octanol–water partition coefficient (Wildman–Crippen LogP) is 2.65. The summed E-state index contributed by atoms with van der Waals surface area (Å²) in [6.45, 7) is 0. The van der Waals surface area contributed by atoms with Gasteiger partial charge in [-0.15, -0.1) is 0 Å². The van der Waals surface area contributed by atoms with Crippen LogP contribution in [0.15, 0.2) is 18.2 Å². The molecule has 0 aromatic heterocycles. The molecule has 1 fully saturated rings. The number of hydrogen-bond acceptors (Lipinski definition) is 4. The average Bonchev–Trinajstić information content (AvgIpc) is 2.99. The van der Waals surface area contributed by atoms with Crippen LogP contribution in [-0.2, 0) is 0 Å². The second-order valence-electron chi connectivity index (χ2n) is 5.09. The molecule has 108 valence electrons. The zero-order valence-electron chi connectivity index (χ0n) is 11.8. The van der Waals surface area contributed by atoms with Crippen LogP contribution >= 0.6 is 0 Å². The fraction of sp³-hybridized carbons (Fsp3) is 0.500. The predicted molar refractivity (Wildman–Crippen MR) is 77.0 cm³/mol. The van der Waals surface area contributed by atoms with Crippen molar-refractivity contribution in [1.29, 1.82) is 0 Å². The van der Waals surface area contributed by atoms with Crippen molar-refractivity contribution in [2.45, 2.75) is 31.7 Å². The summed E-state index contributed by atoms with van der Waals surface area (Å²) in [5, 5.41) is 13.6. The molecular weight excluding hydrogens is 258 g/mol. The third-order valence-corrected chi connectivity index (χ3v) is 3.90. The molecular formula is C14H19N3O3. The highest BCUT2D eigenvalue weighted by molar-refractivity contribution is 5.96. The summed E-state index contributed by atoms with van der Waals surface area (Å²) in [4.78, 5) is 24.6. The first-order valence-corrected chi connectivity index (χ1v) is 6.78. The fourth-order valence-corrected chi connectivity index (χ4v) is 2.69. The first kappa shape index (κ1) is 14.3. The number of nitrogens with one attached hydrogen (secondary N) is 1. The van der Waals surface area contributed by atoms with Crippen molar-refractivity contribution in [1.82, 2.24) is 4.90 Å². The van der Waals surface area contributed by atoms with Gasteiger partial charge in [0.25, 0.3) is 11.6 Å². The second kappa shape index (κ2) is 5.90. The highest BCUT2D eigenvalue weighted by Gasteiger charge is 2.25. The topological polar surface area (TPSA) is 75.5 Å². The lowest BCUT2D eigenvalue weighted by Crippen LogP contribution is -2.35. The van der Waals surface area contributed by atoms with Crippen LogP contribution in [0.3, 0.4) is 0 Å². The molecule has 1 aliphatic carbocycles. The van der Waals surface area contributed by atoms with E-state index in [9.17, 15) is 14.9 Å². The summed E-state index contributed by atoms with van der Waals surface area (Å²) < 4.78 is 0. The van der Waals surface area contributed by atoms with Gasteiger partial charge in [-0.25, -0.2) is 0 Å². The molecule has 2 rings (SSSR count). The largest absolute Gasteiger partial charge is 0.383 e. The quantitative estimate of drug-likeness (QED) is 0.678. The summed E-state index contributed by atoms with van der Waals surface area (Å²) in [7, 11) is 3.41. The van der Waals surface area contributed by atoms with E-state index >= 15 is 0 Å². The summed E-state index contributed by atoms with van der Waals surface area (Å²) in [6, 6.07) is 4.73. The molecule has 0 heterocycles. The van der Waals surface area contributed by atoms with Gasteiger partial charge in [0.1, 0.15) is 5.69 Å². The number of carbonyl (C=O) groups excluding carboxylic acids is 1. The van der Waals surface area contributed by atoms with E-state index in [0.717, 1.165) is 25.7 Å². The lowest BCUT2D eigenvalue weighted by Gasteiger charge is -2.24. The van der Waals surface area contributed by atoms with Gasteiger partial charge in [-0.05, 0) is 25.0 Å². The molecule has 6 nitrogen and oxygen atoms in total. The number of amides is 1. The normalized spacial score (nSPS) is 15.1. The minimum absolute atomic E-state index is 0.0208. The van der Waals surface area contributed by atoms with Crippen molar-refractivity contribution < 1.29 is 9.72 Å². The van der Waals surface area contributed by atoms with Crippen LogP contribution in [-0.4, -0.2) is 35.9 Å². The smallest absolute Gasteiger partial charge is 0.292 e. The maximum Gasteiger partial charge on any atom is 0.292 e. The van der Waals surface area contributed by atoms with Gasteiger partial charge in [-0.3, -0.25) is 14.9 Å². The Balaban J connectivity index is 2.23. The summed E-state index contributed by atoms with van der Waals surface area (Å²) in [6.07, 6.45) is 4.39. The number of nitro benzene ring substituents is 1. The number of rotatable bonds is 4. The molecule has 0 saturated heterocycles. The molecule has 0 unspecified atom stereocenters. The maximum absolute atomic E-state index is 12.4. The summed E-state index contributed by atoms with van der Waals surface area (Å²) >= 11 is 0. The van der Waals surface area contributed by atoms with Crippen molar-refractivity contribution >= 4 is 17.3 Å². The number of anilines is 1. The molecule has 1 N–H and O–H groups in total. The summed E-state index contributed by atoms with van der Waals surface area (Å²) in [5.41, 5.74) is 0.822. The monoisotopic (exact) mass is 277 g/mol. The van der Waals surface area contributed by atoms with E-state index in [2.05, 4.69) is 5.32 Å². The van der Waals surface area contributed by atoms with E-state index in [0.29, 0.717) is 11.3 Å². The Kier molecular flexibility index (Phi) is 4.22. The standard InChI is InChI=1S/C14H19N3O3/c1-15-12-9-10(7-8-13(12)17(19)20)14(18)16(2)11-5-3-4-6-11/h7-9,11,15H,3-6H2,1-2H3. The maximum atomic E-state index is 12.4. The molecule has 0 radical (unpaired) electrons. The third-order valence-electron chi connectivity index (χ3n) is 3.90. The van der Waals surface area contributed by atoms with Gasteiger partial charge in [0.15, 0.2) is 0 Å². The van der Waals surface area contributed by atoms with Crippen LogP contribution in [0.1, 0.15) is 36.0 Å². The van der Waals surface area contributed by atoms with Crippen LogP contribution < -0.4 is 5.32 Å². The molecule has 0 bridgehead atoms. The highest BCUT2D eigenvalue weighted by Crippen LogP contribution is 2.27. The molecule has 0 atom stereocenters. The third kappa shape index (κ3) is 2.74. The van der Waals surface area contributed by atoms with Gasteiger partial charge < -0.3 is 10.2 Å². The zero-order valence-corrected chi connectivity index (χ0v) is 11.8. The first-order chi connectivity index (χ1) is 9.54. The Hall–Kier alpha value is -2.11. The van der Waals surface area contributed by atoms with E-state index in [1.165, 1.54) is 12.1 Å². The Morgan fingerprint density at radius 2 is 2.05 bits per heavy atom. The molecule has 1 aromatic rings. The van der Waals surface area contributed by atoms with E-state index < -0.39 is 4.92 Å². The second-order valence-corrected chi connectivity index (χ2v) is 5.09. The lowest BCUT2D eigenvalue weighted by molar-refractivity contribution is -0.383. The minimum Gasteiger partial charge on any atom is -0.383 e. The van der Waals surface area contributed by atoms with Gasteiger partial charge in [0.2, 0.25) is 0 Å². The van der Waals surface area contributed by atoms with Crippen LogP contribution in [0.5, 0.6) is 0 Å². The van der Waals surface area contributed by atoms with Crippen molar-refractivity contribution in [3.8, 4) is 0 Å². The van der Waals surface area contributed by atoms with Crippen molar-refractivity contribution in [3.63, 3.8) is 0 Å². The Labute approximate surface area is 117 Å².